The number of thioether (sulfide) groups is 1. The topological polar surface area (TPSA) is 22.1 Å². The van der Waals surface area contributed by atoms with E-state index >= 15 is 0 Å². The predicted molar refractivity (Wildman–Crippen MR) is 98.9 cm³/mol. The van der Waals surface area contributed by atoms with Crippen LogP contribution in [0.2, 0.25) is 0 Å². The van der Waals surface area contributed by atoms with E-state index in [1.165, 1.54) is 12.1 Å². The lowest BCUT2D eigenvalue weighted by molar-refractivity contribution is -0.274. The van der Waals surface area contributed by atoms with E-state index in [1.54, 1.807) is 41.4 Å². The number of alkyl halides is 3. The molecule has 1 aromatic heterocycles. The molecule has 0 saturated heterocycles. The Morgan fingerprint density at radius 3 is 2.50 bits per heavy atom. The smallest absolute Gasteiger partial charge is 0.406 e. The first-order valence-electron chi connectivity index (χ1n) is 7.72. The van der Waals surface area contributed by atoms with Crippen LogP contribution < -0.4 is 4.74 Å². The lowest BCUT2D eigenvalue weighted by Gasteiger charge is -2.28. The second-order valence-electron chi connectivity index (χ2n) is 5.61. The molecule has 0 radical (unpaired) electrons. The third-order valence-corrected chi connectivity index (χ3v) is 5.74. The van der Waals surface area contributed by atoms with Gasteiger partial charge in [0.2, 0.25) is 0 Å². The summed E-state index contributed by atoms with van der Waals surface area (Å²) in [6.45, 7) is 0. The zero-order valence-electron chi connectivity index (χ0n) is 13.2. The zero-order chi connectivity index (χ0) is 18.1. The quantitative estimate of drug-likeness (QED) is 0.614. The van der Waals surface area contributed by atoms with Crippen LogP contribution in [-0.4, -0.2) is 11.3 Å². The zero-order valence-corrected chi connectivity index (χ0v) is 14.9. The first kappa shape index (κ1) is 17.2. The molecule has 0 bridgehead atoms. The Morgan fingerprint density at radius 1 is 1.00 bits per heavy atom. The molecule has 4 rings (SSSR count). The first-order valence-corrected chi connectivity index (χ1v) is 9.48. The fourth-order valence-corrected chi connectivity index (χ4v) is 4.46. The number of benzene rings is 1. The number of aromatic nitrogens is 1. The maximum atomic E-state index is 12.4. The average Bonchev–Trinajstić information content (AvgIpc) is 3.15. The lowest BCUT2D eigenvalue weighted by atomic mass is 9.81. The van der Waals surface area contributed by atoms with Gasteiger partial charge < -0.3 is 4.74 Å². The molecule has 1 aromatic carbocycles. The molecule has 0 N–H and O–H groups in total. The van der Waals surface area contributed by atoms with Gasteiger partial charge in [0.05, 0.1) is 0 Å². The first-order chi connectivity index (χ1) is 12.5. The van der Waals surface area contributed by atoms with Crippen LogP contribution in [0.4, 0.5) is 13.2 Å². The molecule has 2 aliphatic rings. The fourth-order valence-electron chi connectivity index (χ4n) is 2.99. The molecule has 1 atom stereocenters. The van der Waals surface area contributed by atoms with Gasteiger partial charge in [0.25, 0.3) is 0 Å². The summed E-state index contributed by atoms with van der Waals surface area (Å²) in [5, 5.41) is 4.83. The minimum absolute atomic E-state index is 0.0847. The van der Waals surface area contributed by atoms with E-state index in [2.05, 4.69) is 15.8 Å². The summed E-state index contributed by atoms with van der Waals surface area (Å²) in [6.07, 6.45) is 5.20. The molecule has 0 spiro atoms. The van der Waals surface area contributed by atoms with E-state index in [-0.39, 0.29) is 11.7 Å². The van der Waals surface area contributed by atoms with Crippen molar-refractivity contribution in [1.82, 2.24) is 4.98 Å². The summed E-state index contributed by atoms with van der Waals surface area (Å²) in [4.78, 5) is 5.55. The van der Waals surface area contributed by atoms with Gasteiger partial charge in [-0.15, -0.1) is 24.5 Å². The molecule has 1 unspecified atom stereocenters. The molecule has 0 amide bonds. The van der Waals surface area contributed by atoms with Gasteiger partial charge in [-0.05, 0) is 40.3 Å². The highest BCUT2D eigenvalue weighted by Crippen LogP contribution is 2.48. The molecular weight excluding hydrogens is 379 g/mol. The van der Waals surface area contributed by atoms with Crippen LogP contribution in [0, 0.1) is 0 Å². The summed E-state index contributed by atoms with van der Waals surface area (Å²) in [6, 6.07) is 6.07. The van der Waals surface area contributed by atoms with Crippen LogP contribution >= 0.6 is 23.1 Å². The van der Waals surface area contributed by atoms with Crippen LogP contribution in [0.25, 0.3) is 5.57 Å². The number of fused-ring (bicyclic) bond motifs is 1. The molecule has 0 fully saturated rings. The van der Waals surface area contributed by atoms with E-state index in [0.717, 1.165) is 26.6 Å². The fraction of sp³-hybridized carbons (Fsp3) is 0.105. The van der Waals surface area contributed by atoms with E-state index in [9.17, 15) is 13.2 Å². The molecule has 2 nitrogen and oxygen atoms in total. The minimum atomic E-state index is -4.69. The highest BCUT2D eigenvalue weighted by atomic mass is 32.2. The summed E-state index contributed by atoms with van der Waals surface area (Å²) < 4.78 is 41.2. The van der Waals surface area contributed by atoms with E-state index < -0.39 is 6.36 Å². The largest absolute Gasteiger partial charge is 0.573 e. The summed E-state index contributed by atoms with van der Waals surface area (Å²) >= 11 is 3.18. The number of thiazole rings is 1. The number of nitrogens with zero attached hydrogens (tertiary/aromatic N) is 1. The Hall–Kier alpha value is -2.25. The molecule has 2 heterocycles. The number of ether oxygens (including phenoxy) is 1. The molecule has 7 heteroatoms. The van der Waals surface area contributed by atoms with E-state index in [0.29, 0.717) is 0 Å². The number of halogens is 3. The Bertz CT molecular complexity index is 923. The van der Waals surface area contributed by atoms with Crippen molar-refractivity contribution in [3.05, 3.63) is 86.6 Å². The van der Waals surface area contributed by atoms with Crippen LogP contribution in [0.5, 0.6) is 5.75 Å². The van der Waals surface area contributed by atoms with Crippen LogP contribution in [-0.2, 0) is 0 Å². The van der Waals surface area contributed by atoms with Crippen molar-refractivity contribution < 1.29 is 17.9 Å². The SMILES string of the molecule is FC(F)(F)Oc1ccc(C2C3=CC=CSC3=CC=C2c2nccs2)cc1. The van der Waals surface area contributed by atoms with Gasteiger partial charge in [0.1, 0.15) is 10.8 Å². The number of allylic oxidation sites excluding steroid dienone is 6. The molecule has 1 aliphatic carbocycles. The van der Waals surface area contributed by atoms with Crippen molar-refractivity contribution >= 4 is 28.7 Å². The molecule has 1 aliphatic heterocycles. The third-order valence-electron chi connectivity index (χ3n) is 4.00. The van der Waals surface area contributed by atoms with Crippen molar-refractivity contribution in [3.63, 3.8) is 0 Å². The van der Waals surface area contributed by atoms with Crippen molar-refractivity contribution in [2.45, 2.75) is 12.3 Å². The Kier molecular flexibility index (Phi) is 4.50. The van der Waals surface area contributed by atoms with E-state index in [4.69, 9.17) is 0 Å². The Balaban J connectivity index is 1.74. The van der Waals surface area contributed by atoms with Gasteiger partial charge in [-0.1, -0.05) is 42.1 Å². The number of rotatable bonds is 3. The molecule has 132 valence electrons. The third kappa shape index (κ3) is 3.50. The summed E-state index contributed by atoms with van der Waals surface area (Å²) in [5.74, 6) is -0.307. The van der Waals surface area contributed by atoms with Crippen LogP contribution in [0.1, 0.15) is 16.5 Å². The van der Waals surface area contributed by atoms with Gasteiger partial charge in [0.15, 0.2) is 0 Å². The highest BCUT2D eigenvalue weighted by molar-refractivity contribution is 8.06. The van der Waals surface area contributed by atoms with Crippen molar-refractivity contribution in [1.29, 1.82) is 0 Å². The van der Waals surface area contributed by atoms with Crippen molar-refractivity contribution in [2.75, 3.05) is 0 Å². The van der Waals surface area contributed by atoms with Gasteiger partial charge in [-0.25, -0.2) is 4.98 Å². The maximum Gasteiger partial charge on any atom is 0.573 e. The normalized spacial score (nSPS) is 19.3. The molecule has 0 saturated carbocycles. The second-order valence-corrected chi connectivity index (χ2v) is 7.45. The average molecular weight is 391 g/mol. The predicted octanol–water partition coefficient (Wildman–Crippen LogP) is 6.29. The number of hydrogen-bond donors (Lipinski definition) is 0. The standard InChI is InChI=1S/C19H12F3NOS2/c20-19(21,22)24-13-5-3-12(4-6-13)17-14-2-1-10-25-16(14)8-7-15(17)18-23-9-11-26-18/h1-11,17H. The molecule has 2 aromatic rings. The monoisotopic (exact) mass is 391 g/mol. The van der Waals surface area contributed by atoms with Gasteiger partial charge in [-0.3, -0.25) is 0 Å². The molecular formula is C19H12F3NOS2. The maximum absolute atomic E-state index is 12.4. The minimum Gasteiger partial charge on any atom is -0.406 e. The van der Waals surface area contributed by atoms with Gasteiger partial charge in [-0.2, -0.15) is 0 Å². The van der Waals surface area contributed by atoms with E-state index in [1.807, 2.05) is 29.0 Å². The van der Waals surface area contributed by atoms with Crippen molar-refractivity contribution in [2.24, 2.45) is 0 Å². The Morgan fingerprint density at radius 2 is 1.81 bits per heavy atom. The highest BCUT2D eigenvalue weighted by Gasteiger charge is 2.32. The van der Waals surface area contributed by atoms with Crippen LogP contribution in [0.15, 0.2) is 76.0 Å². The van der Waals surface area contributed by atoms with Gasteiger partial charge in [0, 0.05) is 22.4 Å². The Labute approximate surface area is 156 Å². The van der Waals surface area contributed by atoms with Crippen molar-refractivity contribution in [3.8, 4) is 5.75 Å². The number of hydrogen-bond acceptors (Lipinski definition) is 4. The lowest BCUT2D eigenvalue weighted by Crippen LogP contribution is -2.17. The van der Waals surface area contributed by atoms with Crippen LogP contribution in [0.3, 0.4) is 0 Å². The second kappa shape index (κ2) is 6.81. The summed E-state index contributed by atoms with van der Waals surface area (Å²) in [7, 11) is 0. The summed E-state index contributed by atoms with van der Waals surface area (Å²) in [5.41, 5.74) is 3.05. The molecule has 26 heavy (non-hydrogen) atoms. The van der Waals surface area contributed by atoms with Gasteiger partial charge >= 0.3 is 6.36 Å².